The van der Waals surface area contributed by atoms with Gasteiger partial charge in [-0.25, -0.2) is 0 Å². The molecule has 0 heterocycles. The third-order valence-corrected chi connectivity index (χ3v) is 5.09. The summed E-state index contributed by atoms with van der Waals surface area (Å²) in [5.41, 5.74) is 0.475. The summed E-state index contributed by atoms with van der Waals surface area (Å²) in [4.78, 5) is 12.6. The fourth-order valence-electron chi connectivity index (χ4n) is 2.73. The molecule has 1 unspecified atom stereocenters. The summed E-state index contributed by atoms with van der Waals surface area (Å²) in [7, 11) is 0. The van der Waals surface area contributed by atoms with Gasteiger partial charge in [-0.2, -0.15) is 0 Å². The van der Waals surface area contributed by atoms with E-state index in [1.807, 2.05) is 13.0 Å². The van der Waals surface area contributed by atoms with Crippen LogP contribution in [0.4, 0.5) is 0 Å². The van der Waals surface area contributed by atoms with Crippen LogP contribution in [-0.2, 0) is 10.2 Å². The molecule has 2 rings (SSSR count). The number of halogens is 2. The molecule has 1 atom stereocenters. The molecule has 0 radical (unpaired) electrons. The molecular formula is C16H21Cl2NO2. The van der Waals surface area contributed by atoms with Gasteiger partial charge in [-0.3, -0.25) is 4.79 Å². The molecule has 0 aromatic heterocycles. The van der Waals surface area contributed by atoms with Gasteiger partial charge in [-0.1, -0.05) is 42.6 Å². The van der Waals surface area contributed by atoms with Crippen LogP contribution in [0.25, 0.3) is 0 Å². The van der Waals surface area contributed by atoms with Gasteiger partial charge in [0.2, 0.25) is 5.91 Å². The van der Waals surface area contributed by atoms with Crippen LogP contribution < -0.4 is 5.32 Å². The van der Waals surface area contributed by atoms with Crippen molar-refractivity contribution in [3.63, 3.8) is 0 Å². The number of rotatable bonds is 6. The van der Waals surface area contributed by atoms with Gasteiger partial charge in [-0.05, 0) is 42.9 Å². The smallest absolute Gasteiger partial charge is 0.230 e. The number of hydrogen-bond acceptors (Lipinski definition) is 2. The molecule has 1 aromatic carbocycles. The Balaban J connectivity index is 2.10. The van der Waals surface area contributed by atoms with Gasteiger partial charge in [0.15, 0.2) is 0 Å². The average Bonchev–Trinajstić information content (AvgIpc) is 2.39. The zero-order valence-corrected chi connectivity index (χ0v) is 13.7. The first kappa shape index (κ1) is 16.6. The Morgan fingerprint density at radius 3 is 2.62 bits per heavy atom. The maximum Gasteiger partial charge on any atom is 0.230 e. The van der Waals surface area contributed by atoms with Crippen LogP contribution in [0.3, 0.4) is 0 Å². The number of nitrogens with one attached hydrogen (secondary N) is 1. The fourth-order valence-corrected chi connectivity index (χ4v) is 3.03. The summed E-state index contributed by atoms with van der Waals surface area (Å²) in [6, 6.07) is 5.45. The lowest BCUT2D eigenvalue weighted by Crippen LogP contribution is -2.50. The van der Waals surface area contributed by atoms with Crippen LogP contribution >= 0.6 is 23.2 Å². The Kier molecular flexibility index (Phi) is 5.53. The van der Waals surface area contributed by atoms with E-state index in [0.29, 0.717) is 23.0 Å². The Morgan fingerprint density at radius 1 is 1.38 bits per heavy atom. The number of carbonyl (C=O) groups is 1. The van der Waals surface area contributed by atoms with E-state index in [1.165, 1.54) is 0 Å². The number of carbonyl (C=O) groups excluding carboxylic acids is 1. The Morgan fingerprint density at radius 2 is 2.10 bits per heavy atom. The predicted octanol–water partition coefficient (Wildman–Crippen LogP) is 3.55. The lowest BCUT2D eigenvalue weighted by Gasteiger charge is -2.41. The molecule has 1 fully saturated rings. The Hall–Kier alpha value is -0.770. The molecule has 1 aliphatic carbocycles. The molecule has 116 valence electrons. The van der Waals surface area contributed by atoms with Gasteiger partial charge in [0, 0.05) is 13.2 Å². The third-order valence-electron chi connectivity index (χ3n) is 4.35. The number of aliphatic hydroxyl groups excluding tert-OH is 1. The number of benzene rings is 1. The van der Waals surface area contributed by atoms with Gasteiger partial charge in [0.1, 0.15) is 0 Å². The first-order valence-corrected chi connectivity index (χ1v) is 8.10. The second-order valence-electron chi connectivity index (χ2n) is 5.89. The molecule has 0 bridgehead atoms. The number of aliphatic hydroxyl groups is 1. The second-order valence-corrected chi connectivity index (χ2v) is 6.71. The van der Waals surface area contributed by atoms with Crippen LogP contribution in [0.1, 0.15) is 38.2 Å². The highest BCUT2D eigenvalue weighted by atomic mass is 35.5. The highest BCUT2D eigenvalue weighted by Gasteiger charge is 2.45. The largest absolute Gasteiger partial charge is 0.396 e. The number of hydrogen-bond donors (Lipinski definition) is 2. The maximum absolute atomic E-state index is 12.6. The van der Waals surface area contributed by atoms with E-state index in [9.17, 15) is 4.79 Å². The quantitative estimate of drug-likeness (QED) is 0.838. The topological polar surface area (TPSA) is 49.3 Å². The molecular weight excluding hydrogens is 309 g/mol. The minimum absolute atomic E-state index is 0.0527. The summed E-state index contributed by atoms with van der Waals surface area (Å²) < 4.78 is 0. The van der Waals surface area contributed by atoms with E-state index in [2.05, 4.69) is 5.32 Å². The van der Waals surface area contributed by atoms with Crippen molar-refractivity contribution in [3.8, 4) is 0 Å². The van der Waals surface area contributed by atoms with Crippen molar-refractivity contribution in [3.05, 3.63) is 33.8 Å². The van der Waals surface area contributed by atoms with Crippen molar-refractivity contribution in [2.24, 2.45) is 5.92 Å². The molecule has 0 aliphatic heterocycles. The summed E-state index contributed by atoms with van der Waals surface area (Å²) in [5, 5.41) is 12.9. The monoisotopic (exact) mass is 329 g/mol. The molecule has 2 N–H and O–H groups in total. The Labute approximate surface area is 135 Å². The fraction of sp³-hybridized carbons (Fsp3) is 0.562. The van der Waals surface area contributed by atoms with E-state index in [0.717, 1.165) is 24.8 Å². The van der Waals surface area contributed by atoms with E-state index < -0.39 is 5.41 Å². The minimum atomic E-state index is -0.465. The van der Waals surface area contributed by atoms with Crippen molar-refractivity contribution in [1.29, 1.82) is 0 Å². The molecule has 5 heteroatoms. The lowest BCUT2D eigenvalue weighted by molar-refractivity contribution is -0.130. The highest BCUT2D eigenvalue weighted by molar-refractivity contribution is 6.42. The number of amides is 1. The van der Waals surface area contributed by atoms with Gasteiger partial charge >= 0.3 is 0 Å². The van der Waals surface area contributed by atoms with Gasteiger partial charge in [-0.15, -0.1) is 0 Å². The van der Waals surface area contributed by atoms with Crippen molar-refractivity contribution in [1.82, 2.24) is 5.32 Å². The second kappa shape index (κ2) is 6.99. The van der Waals surface area contributed by atoms with Crippen molar-refractivity contribution < 1.29 is 9.90 Å². The molecule has 21 heavy (non-hydrogen) atoms. The van der Waals surface area contributed by atoms with Crippen molar-refractivity contribution in [2.45, 2.75) is 38.0 Å². The summed E-state index contributed by atoms with van der Waals surface area (Å²) in [6.45, 7) is 2.75. The molecule has 0 saturated heterocycles. The third kappa shape index (κ3) is 3.53. The standard InChI is InChI=1S/C16H21Cl2NO2/c1-11(5-8-20)10-19-15(21)16(6-2-7-16)12-3-4-13(17)14(18)9-12/h3-4,9,11,20H,2,5-8,10H2,1H3,(H,19,21). The first-order chi connectivity index (χ1) is 9.99. The summed E-state index contributed by atoms with van der Waals surface area (Å²) in [6.07, 6.45) is 3.41. The minimum Gasteiger partial charge on any atom is -0.396 e. The Bertz CT molecular complexity index is 515. The van der Waals surface area contributed by atoms with Crippen LogP contribution in [0, 0.1) is 5.92 Å². The van der Waals surface area contributed by atoms with Gasteiger partial charge < -0.3 is 10.4 Å². The van der Waals surface area contributed by atoms with Crippen LogP contribution in [0.2, 0.25) is 10.0 Å². The molecule has 0 spiro atoms. The first-order valence-electron chi connectivity index (χ1n) is 7.34. The SMILES string of the molecule is CC(CCO)CNC(=O)C1(c2ccc(Cl)c(Cl)c2)CCC1. The molecule has 3 nitrogen and oxygen atoms in total. The van der Waals surface area contributed by atoms with Crippen LogP contribution in [0.15, 0.2) is 18.2 Å². The lowest BCUT2D eigenvalue weighted by atomic mass is 9.64. The predicted molar refractivity (Wildman–Crippen MR) is 85.9 cm³/mol. The zero-order valence-electron chi connectivity index (χ0n) is 12.2. The van der Waals surface area contributed by atoms with Crippen LogP contribution in [-0.4, -0.2) is 24.2 Å². The molecule has 1 saturated carbocycles. The van der Waals surface area contributed by atoms with Gasteiger partial charge in [0.25, 0.3) is 0 Å². The zero-order chi connectivity index (χ0) is 15.5. The van der Waals surface area contributed by atoms with Gasteiger partial charge in [0.05, 0.1) is 15.5 Å². The summed E-state index contributed by atoms with van der Waals surface area (Å²) >= 11 is 12.0. The van der Waals surface area contributed by atoms with E-state index in [1.54, 1.807) is 12.1 Å². The average molecular weight is 330 g/mol. The molecule has 1 aromatic rings. The van der Waals surface area contributed by atoms with Crippen LogP contribution in [0.5, 0.6) is 0 Å². The molecule has 1 aliphatic rings. The highest BCUT2D eigenvalue weighted by Crippen LogP contribution is 2.45. The van der Waals surface area contributed by atoms with E-state index in [-0.39, 0.29) is 18.4 Å². The van der Waals surface area contributed by atoms with Crippen molar-refractivity contribution in [2.75, 3.05) is 13.2 Å². The normalized spacial score (nSPS) is 17.9. The maximum atomic E-state index is 12.6. The summed E-state index contributed by atoms with van der Waals surface area (Å²) in [5.74, 6) is 0.321. The molecule has 1 amide bonds. The van der Waals surface area contributed by atoms with E-state index >= 15 is 0 Å². The van der Waals surface area contributed by atoms with E-state index in [4.69, 9.17) is 28.3 Å². The van der Waals surface area contributed by atoms with Crippen molar-refractivity contribution >= 4 is 29.1 Å².